The van der Waals surface area contributed by atoms with Gasteiger partial charge in [0, 0.05) is 24.1 Å². The Kier molecular flexibility index (Phi) is 12.4. The maximum absolute atomic E-state index is 14.4. The SMILES string of the molecule is CCOC(=O)[C@H](CCSC)NP(=O)(OC[C@H]1O[C@@H](n2cc(/C=C/C(=O)OC)c(=O)[nH]c2=O)C[C@@H]1O)Oc1cccc2ccccc12. The Morgan fingerprint density at radius 1 is 1.24 bits per heavy atom. The van der Waals surface area contributed by atoms with E-state index in [2.05, 4.69) is 14.8 Å². The summed E-state index contributed by atoms with van der Waals surface area (Å²) in [7, 11) is -3.18. The number of nitrogens with one attached hydrogen (secondary N) is 2. The first kappa shape index (κ1) is 35.1. The van der Waals surface area contributed by atoms with Crippen molar-refractivity contribution < 1.29 is 42.5 Å². The van der Waals surface area contributed by atoms with Gasteiger partial charge in [0.25, 0.3) is 5.56 Å². The molecule has 0 saturated carbocycles. The van der Waals surface area contributed by atoms with E-state index in [1.54, 1.807) is 31.2 Å². The first-order chi connectivity index (χ1) is 22.1. The van der Waals surface area contributed by atoms with Crippen molar-refractivity contribution >= 4 is 48.3 Å². The van der Waals surface area contributed by atoms with Crippen molar-refractivity contribution in [3.63, 3.8) is 0 Å². The van der Waals surface area contributed by atoms with Crippen LogP contribution in [0.1, 0.15) is 31.6 Å². The highest BCUT2D eigenvalue weighted by molar-refractivity contribution is 7.98. The minimum Gasteiger partial charge on any atom is -0.466 e. The Hall–Kier alpha value is -3.72. The summed E-state index contributed by atoms with van der Waals surface area (Å²) in [4.78, 5) is 51.3. The molecule has 3 N–H and O–H groups in total. The second kappa shape index (κ2) is 16.2. The van der Waals surface area contributed by atoms with Crippen LogP contribution in [0.4, 0.5) is 0 Å². The van der Waals surface area contributed by atoms with Crippen LogP contribution in [-0.4, -0.2) is 77.2 Å². The van der Waals surface area contributed by atoms with Crippen molar-refractivity contribution in [1.29, 1.82) is 0 Å². The summed E-state index contributed by atoms with van der Waals surface area (Å²) in [6, 6.07) is 11.5. The Bertz CT molecular complexity index is 1720. The fourth-order valence-electron chi connectivity index (χ4n) is 4.67. The van der Waals surface area contributed by atoms with Crippen LogP contribution in [-0.2, 0) is 32.9 Å². The van der Waals surface area contributed by atoms with Crippen LogP contribution in [0.25, 0.3) is 16.8 Å². The predicted molar refractivity (Wildman–Crippen MR) is 172 cm³/mol. The summed E-state index contributed by atoms with van der Waals surface area (Å²) in [5.41, 5.74) is -1.58. The lowest BCUT2D eigenvalue weighted by Gasteiger charge is -2.26. The summed E-state index contributed by atoms with van der Waals surface area (Å²) in [5, 5.41) is 15.0. The Morgan fingerprint density at radius 2 is 2.00 bits per heavy atom. The van der Waals surface area contributed by atoms with Gasteiger partial charge in [-0.15, -0.1) is 0 Å². The van der Waals surface area contributed by atoms with E-state index < -0.39 is 62.0 Å². The maximum Gasteiger partial charge on any atom is 0.459 e. The molecule has 1 aliphatic heterocycles. The van der Waals surface area contributed by atoms with Crippen LogP contribution in [0, 0.1) is 0 Å². The molecule has 4 rings (SSSR count). The number of aliphatic hydroxyl groups is 1. The molecule has 1 aliphatic rings. The third-order valence-corrected chi connectivity index (χ3v) is 9.18. The van der Waals surface area contributed by atoms with Crippen LogP contribution in [0.15, 0.2) is 64.3 Å². The number of hydrogen-bond donors (Lipinski definition) is 3. The third kappa shape index (κ3) is 8.96. The largest absolute Gasteiger partial charge is 0.466 e. The standard InChI is InChI=1S/C30H36N3O11PS/c1-4-41-29(37)22(14-15-46-3)32-45(39,44-24-11-7-9-19-8-5-6-10-21(19)24)42-18-25-23(34)16-26(43-25)33-17-20(12-13-27(35)40-2)28(36)31-30(33)38/h5-13,17,22-23,25-26,34H,4,14-16,18H2,1-3H3,(H,32,39)(H,31,36,38)/b13-12+/t22-,23-,25+,26+,45?/m0/s1. The molecule has 1 fully saturated rings. The first-order valence-corrected chi connectivity index (χ1v) is 17.3. The zero-order valence-corrected chi connectivity index (χ0v) is 27.2. The van der Waals surface area contributed by atoms with Crippen LogP contribution in [0.5, 0.6) is 5.75 Å². The number of methoxy groups -OCH3 is 1. The summed E-state index contributed by atoms with van der Waals surface area (Å²) < 4.78 is 42.9. The van der Waals surface area contributed by atoms with Crippen molar-refractivity contribution in [3.8, 4) is 5.75 Å². The Labute approximate surface area is 268 Å². The molecular formula is C30H36N3O11PS. The normalized spacial score (nSPS) is 20.0. The molecule has 1 saturated heterocycles. The molecule has 1 unspecified atom stereocenters. The molecule has 1 aromatic heterocycles. The topological polar surface area (TPSA) is 184 Å². The van der Waals surface area contributed by atoms with Crippen LogP contribution >= 0.6 is 19.5 Å². The molecule has 0 spiro atoms. The number of fused-ring (bicyclic) bond motifs is 1. The van der Waals surface area contributed by atoms with E-state index in [0.29, 0.717) is 11.1 Å². The minimum absolute atomic E-state index is 0.0322. The van der Waals surface area contributed by atoms with Gasteiger partial charge in [-0.3, -0.25) is 23.7 Å². The lowest BCUT2D eigenvalue weighted by atomic mass is 10.1. The van der Waals surface area contributed by atoms with Gasteiger partial charge in [0.1, 0.15) is 24.1 Å². The highest BCUT2D eigenvalue weighted by atomic mass is 32.2. The molecule has 2 aromatic carbocycles. The number of esters is 2. The number of carbonyl (C=O) groups excluding carboxylic acids is 2. The van der Waals surface area contributed by atoms with E-state index in [-0.39, 0.29) is 30.8 Å². The Morgan fingerprint density at radius 3 is 2.74 bits per heavy atom. The molecule has 16 heteroatoms. The van der Waals surface area contributed by atoms with E-state index in [1.807, 2.05) is 24.5 Å². The molecule has 0 aliphatic carbocycles. The van der Waals surface area contributed by atoms with Gasteiger partial charge in [-0.1, -0.05) is 36.4 Å². The molecule has 2 heterocycles. The average molecular weight is 678 g/mol. The van der Waals surface area contributed by atoms with Crippen molar-refractivity contribution in [2.24, 2.45) is 0 Å². The smallest absolute Gasteiger partial charge is 0.459 e. The van der Waals surface area contributed by atoms with Gasteiger partial charge < -0.3 is 23.8 Å². The number of H-pyrrole nitrogens is 1. The maximum atomic E-state index is 14.4. The zero-order valence-electron chi connectivity index (χ0n) is 25.5. The summed E-state index contributed by atoms with van der Waals surface area (Å²) >= 11 is 1.49. The number of aliphatic hydroxyl groups excluding tert-OH is 1. The lowest BCUT2D eigenvalue weighted by Crippen LogP contribution is -2.39. The van der Waals surface area contributed by atoms with Gasteiger partial charge in [-0.2, -0.15) is 16.8 Å². The highest BCUT2D eigenvalue weighted by Gasteiger charge is 2.40. The number of aromatic nitrogens is 2. The quantitative estimate of drug-likeness (QED) is 0.121. The lowest BCUT2D eigenvalue weighted by molar-refractivity contribution is -0.145. The monoisotopic (exact) mass is 677 g/mol. The second-order valence-electron chi connectivity index (χ2n) is 10.1. The van der Waals surface area contributed by atoms with Crippen LogP contribution in [0.2, 0.25) is 0 Å². The van der Waals surface area contributed by atoms with Gasteiger partial charge >= 0.3 is 25.4 Å². The molecular weight excluding hydrogens is 641 g/mol. The molecule has 0 bridgehead atoms. The fraction of sp³-hybridized carbons (Fsp3) is 0.400. The van der Waals surface area contributed by atoms with Gasteiger partial charge in [-0.25, -0.2) is 14.2 Å². The number of benzene rings is 2. The number of thioether (sulfide) groups is 1. The van der Waals surface area contributed by atoms with Crippen molar-refractivity contribution in [2.45, 2.75) is 44.2 Å². The van der Waals surface area contributed by atoms with Crippen molar-refractivity contribution in [1.82, 2.24) is 14.6 Å². The number of rotatable bonds is 15. The molecule has 14 nitrogen and oxygen atoms in total. The molecule has 3 aromatic rings. The van der Waals surface area contributed by atoms with Crippen LogP contribution < -0.4 is 20.9 Å². The number of carbonyl (C=O) groups is 2. The van der Waals surface area contributed by atoms with E-state index >= 15 is 0 Å². The van der Waals surface area contributed by atoms with Gasteiger partial charge in [-0.05, 0) is 42.9 Å². The summed E-state index contributed by atoms with van der Waals surface area (Å²) in [6.07, 6.45) is 2.12. The number of ether oxygens (including phenoxy) is 3. The number of nitrogens with zero attached hydrogens (tertiary/aromatic N) is 1. The molecule has 248 valence electrons. The zero-order chi connectivity index (χ0) is 33.3. The number of aromatic amines is 1. The summed E-state index contributed by atoms with van der Waals surface area (Å²) in [6.45, 7) is 1.31. The van der Waals surface area contributed by atoms with Gasteiger partial charge in [0.15, 0.2) is 0 Å². The number of hydrogen-bond acceptors (Lipinski definition) is 12. The van der Waals surface area contributed by atoms with Gasteiger partial charge in [0.2, 0.25) is 0 Å². The Balaban J connectivity index is 1.58. The third-order valence-electron chi connectivity index (χ3n) is 6.98. The van der Waals surface area contributed by atoms with Crippen molar-refractivity contribution in [3.05, 3.63) is 81.1 Å². The van der Waals surface area contributed by atoms with Gasteiger partial charge in [0.05, 0.1) is 32.0 Å². The highest BCUT2D eigenvalue weighted by Crippen LogP contribution is 2.48. The summed E-state index contributed by atoms with van der Waals surface area (Å²) in [5.74, 6) is -0.556. The molecule has 46 heavy (non-hydrogen) atoms. The predicted octanol–water partition coefficient (Wildman–Crippen LogP) is 3.00. The minimum atomic E-state index is -4.36. The van der Waals surface area contributed by atoms with E-state index in [1.165, 1.54) is 31.1 Å². The average Bonchev–Trinajstić information content (AvgIpc) is 3.41. The van der Waals surface area contributed by atoms with E-state index in [9.17, 15) is 28.8 Å². The second-order valence-corrected chi connectivity index (χ2v) is 12.8. The van der Waals surface area contributed by atoms with Crippen LogP contribution in [0.3, 0.4) is 0 Å². The van der Waals surface area contributed by atoms with E-state index in [4.69, 9.17) is 18.5 Å². The first-order valence-electron chi connectivity index (χ1n) is 14.4. The van der Waals surface area contributed by atoms with Crippen molar-refractivity contribution in [2.75, 3.05) is 32.3 Å². The molecule has 0 amide bonds. The fourth-order valence-corrected chi connectivity index (χ4v) is 6.70. The molecule has 0 radical (unpaired) electrons. The molecule has 5 atom stereocenters. The van der Waals surface area contributed by atoms with E-state index in [0.717, 1.165) is 16.0 Å².